The van der Waals surface area contributed by atoms with Crippen molar-refractivity contribution in [3.63, 3.8) is 0 Å². The van der Waals surface area contributed by atoms with Crippen LogP contribution in [-0.4, -0.2) is 50.1 Å². The Kier molecular flexibility index (Phi) is 9.92. The van der Waals surface area contributed by atoms with E-state index in [0.29, 0.717) is 6.04 Å². The molecule has 0 saturated heterocycles. The van der Waals surface area contributed by atoms with Crippen LogP contribution in [0.2, 0.25) is 0 Å². The van der Waals surface area contributed by atoms with Crippen LogP contribution in [0.1, 0.15) is 32.8 Å². The van der Waals surface area contributed by atoms with Gasteiger partial charge in [0, 0.05) is 23.0 Å². The maximum absolute atomic E-state index is 11.2. The summed E-state index contributed by atoms with van der Waals surface area (Å²) in [5.74, 6) is 0.823. The van der Waals surface area contributed by atoms with Crippen molar-refractivity contribution in [1.82, 2.24) is 10.3 Å². The molecule has 9 nitrogen and oxygen atoms in total. The van der Waals surface area contributed by atoms with Crippen molar-refractivity contribution in [3.8, 4) is 5.75 Å². The second-order valence-electron chi connectivity index (χ2n) is 8.01. The Bertz CT molecular complexity index is 1310. The van der Waals surface area contributed by atoms with E-state index in [9.17, 15) is 16.8 Å². The van der Waals surface area contributed by atoms with Crippen molar-refractivity contribution in [1.29, 1.82) is 0 Å². The molecule has 1 aromatic heterocycles. The monoisotopic (exact) mass is 522 g/mol. The minimum absolute atomic E-state index is 0.0233. The predicted octanol–water partition coefficient (Wildman–Crippen LogP) is 4.21. The van der Waals surface area contributed by atoms with Crippen molar-refractivity contribution in [2.24, 2.45) is 0 Å². The van der Waals surface area contributed by atoms with Gasteiger partial charge in [-0.05, 0) is 58.0 Å². The number of ether oxygens (including phenoxy) is 1. The van der Waals surface area contributed by atoms with E-state index >= 15 is 0 Å². The summed E-state index contributed by atoms with van der Waals surface area (Å²) in [7, 11) is -6.97. The molecule has 0 amide bonds. The fourth-order valence-corrected chi connectivity index (χ4v) is 4.50. The molecule has 0 bridgehead atoms. The quantitative estimate of drug-likeness (QED) is 0.371. The van der Waals surface area contributed by atoms with Crippen LogP contribution in [0.15, 0.2) is 70.7 Å². The topological polar surface area (TPSA) is 143 Å². The third-order valence-electron chi connectivity index (χ3n) is 4.80. The van der Waals surface area contributed by atoms with Gasteiger partial charge in [0.05, 0.1) is 12.3 Å². The first-order chi connectivity index (χ1) is 16.3. The molecule has 0 aliphatic carbocycles. The van der Waals surface area contributed by atoms with Crippen LogP contribution >= 0.6 is 0 Å². The number of pyridine rings is 1. The summed E-state index contributed by atoms with van der Waals surface area (Å²) in [5, 5.41) is 3.24. The van der Waals surface area contributed by atoms with Gasteiger partial charge in [-0.25, -0.2) is 0 Å². The van der Waals surface area contributed by atoms with Gasteiger partial charge in [0.15, 0.2) is 0 Å². The second-order valence-corrected chi connectivity index (χ2v) is 10.8. The number of aromatic nitrogens is 1. The van der Waals surface area contributed by atoms with Crippen molar-refractivity contribution < 1.29 is 30.7 Å². The van der Waals surface area contributed by atoms with E-state index in [1.54, 1.807) is 6.20 Å². The fourth-order valence-electron chi connectivity index (χ4n) is 3.09. The van der Waals surface area contributed by atoms with Crippen LogP contribution in [0.3, 0.4) is 0 Å². The SMILES string of the molecule is CN[C@@H](C)C/C=C/c1cncc(OC(C)C)c1.O=S(=O)(O)c1cccc2c(S(=O)(=O)O)cccc12. The predicted molar refractivity (Wildman–Crippen MR) is 136 cm³/mol. The first-order valence-electron chi connectivity index (χ1n) is 10.7. The van der Waals surface area contributed by atoms with Gasteiger partial charge in [0.1, 0.15) is 15.5 Å². The zero-order chi connectivity index (χ0) is 26.2. The average molecular weight is 523 g/mol. The van der Waals surface area contributed by atoms with E-state index in [1.807, 2.05) is 33.2 Å². The summed E-state index contributed by atoms with van der Waals surface area (Å²) in [5.41, 5.74) is 1.08. The Morgan fingerprint density at radius 3 is 1.94 bits per heavy atom. The van der Waals surface area contributed by atoms with Gasteiger partial charge in [-0.1, -0.05) is 36.4 Å². The molecule has 0 fully saturated rings. The average Bonchev–Trinajstić information content (AvgIpc) is 2.77. The highest BCUT2D eigenvalue weighted by Gasteiger charge is 2.19. The van der Waals surface area contributed by atoms with Crippen molar-refractivity contribution >= 4 is 37.1 Å². The van der Waals surface area contributed by atoms with E-state index in [2.05, 4.69) is 29.4 Å². The highest BCUT2D eigenvalue weighted by Crippen LogP contribution is 2.28. The Morgan fingerprint density at radius 2 is 1.49 bits per heavy atom. The summed E-state index contributed by atoms with van der Waals surface area (Å²) >= 11 is 0. The number of rotatable bonds is 8. The minimum atomic E-state index is -4.47. The Labute approximate surface area is 206 Å². The molecule has 35 heavy (non-hydrogen) atoms. The van der Waals surface area contributed by atoms with Crippen LogP contribution < -0.4 is 10.1 Å². The zero-order valence-electron chi connectivity index (χ0n) is 19.9. The van der Waals surface area contributed by atoms with Crippen LogP contribution in [-0.2, 0) is 20.2 Å². The first kappa shape index (κ1) is 28.4. The molecule has 3 rings (SSSR count). The number of benzene rings is 2. The molecule has 190 valence electrons. The van der Waals surface area contributed by atoms with E-state index in [4.69, 9.17) is 13.8 Å². The molecular weight excluding hydrogens is 492 g/mol. The standard InChI is InChI=1S/C14H22N2O.C10H8O6S2/c1-11(2)17-14-8-13(9-16-10-14)7-5-6-12(3)15-4;11-17(12,13)9-5-1-3-7-8(9)4-2-6-10(7)18(14,15)16/h5,7-12,15H,6H2,1-4H3;1-6H,(H,11,12,13)(H,14,15,16)/b7-5+;/t12-;/m0./s1. The van der Waals surface area contributed by atoms with Crippen LogP contribution in [0.4, 0.5) is 0 Å². The smallest absolute Gasteiger partial charge is 0.295 e. The van der Waals surface area contributed by atoms with E-state index in [-0.39, 0.29) is 16.9 Å². The lowest BCUT2D eigenvalue weighted by Gasteiger charge is -2.09. The number of nitrogens with zero attached hydrogens (tertiary/aromatic N) is 1. The fraction of sp³-hybridized carbons (Fsp3) is 0.292. The zero-order valence-corrected chi connectivity index (χ0v) is 21.5. The van der Waals surface area contributed by atoms with Gasteiger partial charge in [-0.15, -0.1) is 0 Å². The lowest BCUT2D eigenvalue weighted by atomic mass is 10.1. The summed E-state index contributed by atoms with van der Waals surface area (Å²) in [6.45, 7) is 6.18. The minimum Gasteiger partial charge on any atom is -0.489 e. The summed E-state index contributed by atoms with van der Waals surface area (Å²) in [6, 6.07) is 10.0. The molecule has 0 aliphatic heterocycles. The van der Waals surface area contributed by atoms with E-state index in [1.165, 1.54) is 24.3 Å². The first-order valence-corrected chi connectivity index (χ1v) is 13.6. The maximum atomic E-state index is 11.2. The van der Waals surface area contributed by atoms with Crippen LogP contribution in [0, 0.1) is 0 Å². The molecule has 2 aromatic carbocycles. The van der Waals surface area contributed by atoms with Crippen LogP contribution in [0.25, 0.3) is 16.8 Å². The van der Waals surface area contributed by atoms with Gasteiger partial charge in [0.25, 0.3) is 20.2 Å². The number of hydrogen-bond acceptors (Lipinski definition) is 7. The van der Waals surface area contributed by atoms with Crippen molar-refractivity contribution in [2.75, 3.05) is 7.05 Å². The molecular formula is C24H30N2O7S2. The molecule has 3 aromatic rings. The van der Waals surface area contributed by atoms with Gasteiger partial charge < -0.3 is 10.1 Å². The number of fused-ring (bicyclic) bond motifs is 1. The van der Waals surface area contributed by atoms with Crippen LogP contribution in [0.5, 0.6) is 5.75 Å². The normalized spacial score (nSPS) is 13.0. The third-order valence-corrected chi connectivity index (χ3v) is 6.62. The summed E-state index contributed by atoms with van der Waals surface area (Å²) < 4.78 is 68.3. The van der Waals surface area contributed by atoms with Crippen molar-refractivity contribution in [2.45, 2.75) is 49.1 Å². The molecule has 0 radical (unpaired) electrons. The molecule has 0 aliphatic rings. The molecule has 0 spiro atoms. The van der Waals surface area contributed by atoms with E-state index < -0.39 is 30.0 Å². The summed E-state index contributed by atoms with van der Waals surface area (Å²) in [4.78, 5) is 3.34. The van der Waals surface area contributed by atoms with Gasteiger partial charge in [-0.3, -0.25) is 14.1 Å². The highest BCUT2D eigenvalue weighted by atomic mass is 32.2. The third kappa shape index (κ3) is 8.71. The lowest BCUT2D eigenvalue weighted by Crippen LogP contribution is -2.19. The van der Waals surface area contributed by atoms with Gasteiger partial charge in [-0.2, -0.15) is 16.8 Å². The Balaban J connectivity index is 0.000000247. The molecule has 11 heteroatoms. The van der Waals surface area contributed by atoms with E-state index in [0.717, 1.165) is 29.9 Å². The second kappa shape index (κ2) is 12.2. The molecule has 0 unspecified atom stereocenters. The largest absolute Gasteiger partial charge is 0.489 e. The molecule has 1 atom stereocenters. The van der Waals surface area contributed by atoms with Gasteiger partial charge >= 0.3 is 0 Å². The van der Waals surface area contributed by atoms with Crippen molar-refractivity contribution in [3.05, 3.63) is 66.5 Å². The van der Waals surface area contributed by atoms with Gasteiger partial charge in [0.2, 0.25) is 0 Å². The summed E-state index contributed by atoms with van der Waals surface area (Å²) in [6.07, 6.45) is 9.00. The Morgan fingerprint density at radius 1 is 0.943 bits per heavy atom. The molecule has 3 N–H and O–H groups in total. The highest BCUT2D eigenvalue weighted by molar-refractivity contribution is 7.86. The number of nitrogens with one attached hydrogen (secondary N) is 1. The lowest BCUT2D eigenvalue weighted by molar-refractivity contribution is 0.241. The Hall–Kier alpha value is -2.83. The molecule has 1 heterocycles. The maximum Gasteiger partial charge on any atom is 0.295 e. The number of hydrogen-bond donors (Lipinski definition) is 3. The molecule has 0 saturated carbocycles.